The maximum Gasteiger partial charge on any atom is 0.407 e. The van der Waals surface area contributed by atoms with E-state index in [2.05, 4.69) is 5.32 Å². The highest BCUT2D eigenvalue weighted by atomic mass is 32.2. The SMILES string of the molecule is CC[C@@H](NC(=O)OCC1c2ccccc2-c2ccccc21)C(=O)N1CCS(=O)(=O)C(CC(=O)O)C1. The molecule has 1 aliphatic carbocycles. The van der Waals surface area contributed by atoms with Crippen molar-refractivity contribution >= 4 is 27.8 Å². The van der Waals surface area contributed by atoms with Gasteiger partial charge in [0, 0.05) is 19.0 Å². The summed E-state index contributed by atoms with van der Waals surface area (Å²) in [5.74, 6) is -2.12. The first-order valence-corrected chi connectivity index (χ1v) is 13.3. The van der Waals surface area contributed by atoms with E-state index in [1.165, 1.54) is 4.90 Å². The van der Waals surface area contributed by atoms with Crippen molar-refractivity contribution in [1.29, 1.82) is 0 Å². The molecular formula is C25H28N2O7S. The molecule has 1 saturated heterocycles. The molecule has 2 aliphatic rings. The predicted molar refractivity (Wildman–Crippen MR) is 129 cm³/mol. The number of fused-ring (bicyclic) bond motifs is 3. The van der Waals surface area contributed by atoms with Gasteiger partial charge in [-0.15, -0.1) is 0 Å². The minimum Gasteiger partial charge on any atom is -0.481 e. The highest BCUT2D eigenvalue weighted by Crippen LogP contribution is 2.44. The fraction of sp³-hybridized carbons (Fsp3) is 0.400. The number of rotatable bonds is 7. The molecule has 10 heteroatoms. The van der Waals surface area contributed by atoms with Gasteiger partial charge in [-0.25, -0.2) is 13.2 Å². The van der Waals surface area contributed by atoms with Crippen LogP contribution in [-0.4, -0.2) is 73.1 Å². The maximum atomic E-state index is 13.0. The molecule has 0 saturated carbocycles. The molecule has 2 N–H and O–H groups in total. The Bertz CT molecular complexity index is 1200. The van der Waals surface area contributed by atoms with Crippen LogP contribution in [0.2, 0.25) is 0 Å². The Morgan fingerprint density at radius 3 is 2.26 bits per heavy atom. The molecule has 4 rings (SSSR count). The van der Waals surface area contributed by atoms with Crippen molar-refractivity contribution in [1.82, 2.24) is 10.2 Å². The summed E-state index contributed by atoms with van der Waals surface area (Å²) in [6, 6.07) is 15.0. The van der Waals surface area contributed by atoms with Crippen LogP contribution in [0, 0.1) is 0 Å². The van der Waals surface area contributed by atoms with E-state index in [0.29, 0.717) is 0 Å². The van der Waals surface area contributed by atoms with Gasteiger partial charge in [0.2, 0.25) is 5.91 Å². The Hall–Kier alpha value is -3.40. The Kier molecular flexibility index (Phi) is 7.11. The lowest BCUT2D eigenvalue weighted by Crippen LogP contribution is -2.55. The van der Waals surface area contributed by atoms with E-state index in [-0.39, 0.29) is 37.8 Å². The lowest BCUT2D eigenvalue weighted by molar-refractivity contribution is -0.138. The van der Waals surface area contributed by atoms with Gasteiger partial charge in [-0.05, 0) is 28.7 Å². The summed E-state index contributed by atoms with van der Waals surface area (Å²) in [6.45, 7) is 1.57. The third-order valence-electron chi connectivity index (χ3n) is 6.63. The number of carboxylic acid groups (broad SMARTS) is 1. The zero-order chi connectivity index (χ0) is 25.2. The highest BCUT2D eigenvalue weighted by Gasteiger charge is 2.38. The number of hydrogen-bond acceptors (Lipinski definition) is 6. The second kappa shape index (κ2) is 10.1. The molecule has 1 heterocycles. The van der Waals surface area contributed by atoms with Crippen molar-refractivity contribution in [2.45, 2.75) is 37.0 Å². The summed E-state index contributed by atoms with van der Waals surface area (Å²) in [7, 11) is -3.59. The molecule has 0 aromatic heterocycles. The molecule has 0 bridgehead atoms. The average molecular weight is 501 g/mol. The number of carboxylic acids is 1. The maximum absolute atomic E-state index is 13.0. The summed E-state index contributed by atoms with van der Waals surface area (Å²) < 4.78 is 29.9. The van der Waals surface area contributed by atoms with Crippen molar-refractivity contribution in [2.24, 2.45) is 0 Å². The monoisotopic (exact) mass is 500 g/mol. The van der Waals surface area contributed by atoms with Crippen LogP contribution >= 0.6 is 0 Å². The zero-order valence-electron chi connectivity index (χ0n) is 19.3. The second-order valence-corrected chi connectivity index (χ2v) is 11.2. The van der Waals surface area contributed by atoms with Gasteiger partial charge in [-0.3, -0.25) is 9.59 Å². The standard InChI is InChI=1S/C25H28N2O7S/c1-2-22(24(30)27-11-12-35(32,33)16(14-27)13-23(28)29)26-25(31)34-15-21-19-9-5-3-7-17(19)18-8-4-6-10-20(18)21/h3-10,16,21-22H,2,11-15H2,1H3,(H,26,31)(H,28,29)/t16?,22-/m1/s1. The van der Waals surface area contributed by atoms with Crippen molar-refractivity contribution in [2.75, 3.05) is 25.4 Å². The molecule has 2 aromatic rings. The molecule has 35 heavy (non-hydrogen) atoms. The fourth-order valence-corrected chi connectivity index (χ4v) is 6.39. The zero-order valence-corrected chi connectivity index (χ0v) is 20.2. The van der Waals surface area contributed by atoms with E-state index in [9.17, 15) is 22.8 Å². The smallest absolute Gasteiger partial charge is 0.407 e. The van der Waals surface area contributed by atoms with Gasteiger partial charge in [-0.2, -0.15) is 0 Å². The van der Waals surface area contributed by atoms with Crippen molar-refractivity contribution in [3.05, 3.63) is 59.7 Å². The number of alkyl carbamates (subject to hydrolysis) is 1. The lowest BCUT2D eigenvalue weighted by atomic mass is 9.98. The molecule has 9 nitrogen and oxygen atoms in total. The van der Waals surface area contributed by atoms with Crippen LogP contribution in [0.4, 0.5) is 4.79 Å². The topological polar surface area (TPSA) is 130 Å². The van der Waals surface area contributed by atoms with Gasteiger partial charge in [0.1, 0.15) is 12.6 Å². The molecule has 2 amide bonds. The fourth-order valence-electron chi connectivity index (χ4n) is 4.78. The summed E-state index contributed by atoms with van der Waals surface area (Å²) in [5, 5.41) is 10.5. The number of nitrogens with one attached hydrogen (secondary N) is 1. The van der Waals surface area contributed by atoms with E-state index in [4.69, 9.17) is 9.84 Å². The number of hydrogen-bond donors (Lipinski definition) is 2. The van der Waals surface area contributed by atoms with E-state index < -0.39 is 45.5 Å². The minimum absolute atomic E-state index is 0.0415. The number of aliphatic carboxylic acids is 1. The van der Waals surface area contributed by atoms with Crippen molar-refractivity contribution < 1.29 is 32.6 Å². The van der Waals surface area contributed by atoms with E-state index in [1.807, 2.05) is 48.5 Å². The number of sulfone groups is 1. The Morgan fingerprint density at radius 1 is 1.09 bits per heavy atom. The number of nitrogens with zero attached hydrogens (tertiary/aromatic N) is 1. The van der Waals surface area contributed by atoms with Crippen LogP contribution < -0.4 is 5.32 Å². The van der Waals surface area contributed by atoms with Crippen molar-refractivity contribution in [3.63, 3.8) is 0 Å². The first-order valence-electron chi connectivity index (χ1n) is 11.5. The molecule has 1 unspecified atom stereocenters. The van der Waals surface area contributed by atoms with Gasteiger partial charge in [0.25, 0.3) is 0 Å². The highest BCUT2D eigenvalue weighted by molar-refractivity contribution is 7.92. The van der Waals surface area contributed by atoms with E-state index >= 15 is 0 Å². The lowest BCUT2D eigenvalue weighted by Gasteiger charge is -2.34. The molecule has 2 atom stereocenters. The third kappa shape index (κ3) is 5.17. The molecular weight excluding hydrogens is 472 g/mol. The Labute approximate surface area is 204 Å². The van der Waals surface area contributed by atoms with Crippen molar-refractivity contribution in [3.8, 4) is 11.1 Å². The van der Waals surface area contributed by atoms with Gasteiger partial charge in [0.05, 0.1) is 17.4 Å². The quantitative estimate of drug-likeness (QED) is 0.597. The average Bonchev–Trinajstić information content (AvgIpc) is 3.15. The normalized spacial score (nSPS) is 19.3. The second-order valence-electron chi connectivity index (χ2n) is 8.80. The number of benzene rings is 2. The molecule has 186 valence electrons. The number of carbonyl (C=O) groups excluding carboxylic acids is 2. The Balaban J connectivity index is 1.39. The van der Waals surface area contributed by atoms with Crippen LogP contribution in [-0.2, 0) is 24.2 Å². The molecule has 0 radical (unpaired) electrons. The van der Waals surface area contributed by atoms with Crippen LogP contribution in [0.25, 0.3) is 11.1 Å². The van der Waals surface area contributed by atoms with E-state index in [0.717, 1.165) is 22.3 Å². The van der Waals surface area contributed by atoms with E-state index in [1.54, 1.807) is 6.92 Å². The summed E-state index contributed by atoms with van der Waals surface area (Å²) >= 11 is 0. The number of amides is 2. The van der Waals surface area contributed by atoms with Crippen LogP contribution in [0.15, 0.2) is 48.5 Å². The van der Waals surface area contributed by atoms with Crippen LogP contribution in [0.3, 0.4) is 0 Å². The molecule has 1 aliphatic heterocycles. The molecule has 0 spiro atoms. The van der Waals surface area contributed by atoms with Gasteiger partial charge < -0.3 is 20.1 Å². The summed E-state index contributed by atoms with van der Waals surface area (Å²) in [4.78, 5) is 38.0. The summed E-state index contributed by atoms with van der Waals surface area (Å²) in [5.41, 5.74) is 4.36. The third-order valence-corrected chi connectivity index (χ3v) is 8.72. The molecule has 2 aromatic carbocycles. The minimum atomic E-state index is -3.59. The first-order chi connectivity index (χ1) is 16.7. The Morgan fingerprint density at radius 2 is 1.69 bits per heavy atom. The predicted octanol–water partition coefficient (Wildman–Crippen LogP) is 2.40. The summed E-state index contributed by atoms with van der Waals surface area (Å²) in [6.07, 6.45) is -1.03. The van der Waals surface area contributed by atoms with Gasteiger partial charge >= 0.3 is 12.1 Å². The van der Waals surface area contributed by atoms with Gasteiger partial charge in [-0.1, -0.05) is 55.5 Å². The largest absolute Gasteiger partial charge is 0.481 e. The van der Waals surface area contributed by atoms with Gasteiger partial charge in [0.15, 0.2) is 9.84 Å². The van der Waals surface area contributed by atoms with Crippen LogP contribution in [0.5, 0.6) is 0 Å². The number of ether oxygens (including phenoxy) is 1. The molecule has 1 fully saturated rings. The first kappa shape index (κ1) is 24.7. The van der Waals surface area contributed by atoms with Crippen LogP contribution in [0.1, 0.15) is 36.8 Å². The number of carbonyl (C=O) groups is 3.